The number of hydrogen-bond donors (Lipinski definition) is 0. The van der Waals surface area contributed by atoms with Crippen LogP contribution in [0.3, 0.4) is 0 Å². The van der Waals surface area contributed by atoms with Gasteiger partial charge in [-0.25, -0.2) is 16.8 Å². The molecule has 0 N–H and O–H groups in total. The summed E-state index contributed by atoms with van der Waals surface area (Å²) < 4.78 is 42.3. The van der Waals surface area contributed by atoms with Crippen molar-refractivity contribution < 1.29 is 16.8 Å². The molecule has 11 heavy (non-hydrogen) atoms. The van der Waals surface area contributed by atoms with Gasteiger partial charge in [0.2, 0.25) is 0 Å². The summed E-state index contributed by atoms with van der Waals surface area (Å²) in [6, 6.07) is 0. The summed E-state index contributed by atoms with van der Waals surface area (Å²) in [6.07, 6.45) is 0.992. The standard InChI is InChI=1S/C5H10O4S2/c1-3-11(8,9)5-4-10(2,6)7/h3H,1,4-5H2,2H3. The van der Waals surface area contributed by atoms with Crippen molar-refractivity contribution >= 4 is 19.7 Å². The van der Waals surface area contributed by atoms with E-state index in [1.54, 1.807) is 0 Å². The van der Waals surface area contributed by atoms with Gasteiger partial charge in [-0.3, -0.25) is 0 Å². The van der Waals surface area contributed by atoms with Crippen molar-refractivity contribution in [3.8, 4) is 0 Å². The fourth-order valence-electron chi connectivity index (χ4n) is 0.351. The molecule has 0 atom stereocenters. The van der Waals surface area contributed by atoms with Crippen molar-refractivity contribution in [2.24, 2.45) is 0 Å². The topological polar surface area (TPSA) is 68.3 Å². The Hall–Kier alpha value is -0.360. The lowest BCUT2D eigenvalue weighted by Gasteiger charge is -1.95. The van der Waals surface area contributed by atoms with Crippen molar-refractivity contribution in [3.05, 3.63) is 12.0 Å². The normalized spacial score (nSPS) is 12.8. The van der Waals surface area contributed by atoms with Gasteiger partial charge in [0.1, 0.15) is 9.84 Å². The van der Waals surface area contributed by atoms with Crippen LogP contribution < -0.4 is 0 Å². The molecule has 0 aliphatic carbocycles. The van der Waals surface area contributed by atoms with E-state index in [2.05, 4.69) is 6.58 Å². The number of hydrogen-bond acceptors (Lipinski definition) is 4. The molecule has 0 saturated heterocycles. The van der Waals surface area contributed by atoms with Crippen LogP contribution in [-0.2, 0) is 19.7 Å². The Morgan fingerprint density at radius 3 is 1.91 bits per heavy atom. The lowest BCUT2D eigenvalue weighted by atomic mass is 11.0. The second-order valence-corrected chi connectivity index (χ2v) is 6.49. The van der Waals surface area contributed by atoms with Gasteiger partial charge >= 0.3 is 0 Å². The molecule has 0 fully saturated rings. The van der Waals surface area contributed by atoms with E-state index >= 15 is 0 Å². The molecule has 0 aliphatic heterocycles. The first-order chi connectivity index (χ1) is 4.77. The summed E-state index contributed by atoms with van der Waals surface area (Å²) in [5.41, 5.74) is 0. The molecule has 0 aromatic rings. The van der Waals surface area contributed by atoms with Crippen LogP contribution in [0.25, 0.3) is 0 Å². The van der Waals surface area contributed by atoms with E-state index in [0.29, 0.717) is 0 Å². The molecule has 0 saturated carbocycles. The highest BCUT2D eigenvalue weighted by Gasteiger charge is 2.09. The molecule has 6 heteroatoms. The SMILES string of the molecule is C=CS(=O)(=O)CCS(C)(=O)=O. The molecule has 66 valence electrons. The molecule has 0 spiro atoms. The minimum atomic E-state index is -3.37. The average Bonchev–Trinajstić information content (AvgIpc) is 1.83. The lowest BCUT2D eigenvalue weighted by Crippen LogP contribution is -2.13. The van der Waals surface area contributed by atoms with E-state index < -0.39 is 19.7 Å². The summed E-state index contributed by atoms with van der Waals surface area (Å²) >= 11 is 0. The first-order valence-corrected chi connectivity index (χ1v) is 6.57. The molecule has 0 unspecified atom stereocenters. The molecule has 0 aromatic heterocycles. The Morgan fingerprint density at radius 2 is 1.64 bits per heavy atom. The van der Waals surface area contributed by atoms with Gasteiger partial charge in [0.15, 0.2) is 9.84 Å². The molecule has 0 rings (SSSR count). The largest absolute Gasteiger partial charge is 0.229 e. The third kappa shape index (κ3) is 6.05. The van der Waals surface area contributed by atoms with Crippen LogP contribution in [0.1, 0.15) is 0 Å². The molecular weight excluding hydrogens is 188 g/mol. The number of rotatable bonds is 4. The zero-order chi connectivity index (χ0) is 9.12. The van der Waals surface area contributed by atoms with Gasteiger partial charge in [-0.05, 0) is 0 Å². The monoisotopic (exact) mass is 198 g/mol. The van der Waals surface area contributed by atoms with Crippen LogP contribution >= 0.6 is 0 Å². The summed E-state index contributed by atoms with van der Waals surface area (Å²) in [7, 11) is -6.56. The Kier molecular flexibility index (Phi) is 3.25. The van der Waals surface area contributed by atoms with Crippen LogP contribution in [-0.4, -0.2) is 34.6 Å². The van der Waals surface area contributed by atoms with Gasteiger partial charge in [-0.15, -0.1) is 0 Å². The average molecular weight is 198 g/mol. The second kappa shape index (κ2) is 3.36. The zero-order valence-electron chi connectivity index (χ0n) is 6.15. The Morgan fingerprint density at radius 1 is 1.18 bits per heavy atom. The maximum Gasteiger partial charge on any atom is 0.172 e. The molecular formula is C5H10O4S2. The van der Waals surface area contributed by atoms with Gasteiger partial charge in [-0.2, -0.15) is 0 Å². The molecule has 0 bridgehead atoms. The van der Waals surface area contributed by atoms with Crippen LogP contribution in [0, 0.1) is 0 Å². The number of sulfone groups is 2. The molecule has 0 radical (unpaired) electrons. The van der Waals surface area contributed by atoms with Crippen LogP contribution in [0.15, 0.2) is 12.0 Å². The van der Waals surface area contributed by atoms with E-state index in [9.17, 15) is 16.8 Å². The summed E-state index contributed by atoms with van der Waals surface area (Å²) in [5, 5.41) is 0.762. The van der Waals surface area contributed by atoms with Gasteiger partial charge in [-0.1, -0.05) is 6.58 Å². The lowest BCUT2D eigenvalue weighted by molar-refractivity contribution is 0.595. The van der Waals surface area contributed by atoms with E-state index in [0.717, 1.165) is 11.7 Å². The summed E-state index contributed by atoms with van der Waals surface area (Å²) in [4.78, 5) is 0. The van der Waals surface area contributed by atoms with E-state index in [-0.39, 0.29) is 11.5 Å². The van der Waals surface area contributed by atoms with Gasteiger partial charge < -0.3 is 0 Å². The molecule has 0 aliphatic rings. The maximum absolute atomic E-state index is 10.7. The van der Waals surface area contributed by atoms with E-state index in [4.69, 9.17) is 0 Å². The molecule has 4 nitrogen and oxygen atoms in total. The third-order valence-corrected chi connectivity index (χ3v) is 3.48. The first-order valence-electron chi connectivity index (χ1n) is 2.80. The predicted molar refractivity (Wildman–Crippen MR) is 43.7 cm³/mol. The van der Waals surface area contributed by atoms with Gasteiger partial charge in [0, 0.05) is 11.7 Å². The minimum Gasteiger partial charge on any atom is -0.229 e. The molecule has 0 amide bonds. The van der Waals surface area contributed by atoms with Crippen LogP contribution in [0.4, 0.5) is 0 Å². The predicted octanol–water partition coefficient (Wildman–Crippen LogP) is -0.411. The summed E-state index contributed by atoms with van der Waals surface area (Å²) in [5.74, 6) is -0.726. The molecule has 0 aromatic carbocycles. The highest BCUT2D eigenvalue weighted by atomic mass is 32.2. The van der Waals surface area contributed by atoms with Gasteiger partial charge in [0.25, 0.3) is 0 Å². The molecule has 0 heterocycles. The fraction of sp³-hybridized carbons (Fsp3) is 0.600. The van der Waals surface area contributed by atoms with Crippen molar-refractivity contribution in [2.75, 3.05) is 17.8 Å². The second-order valence-electron chi connectivity index (χ2n) is 2.16. The quantitative estimate of drug-likeness (QED) is 0.616. The van der Waals surface area contributed by atoms with Crippen molar-refractivity contribution in [2.45, 2.75) is 0 Å². The van der Waals surface area contributed by atoms with Crippen molar-refractivity contribution in [1.82, 2.24) is 0 Å². The highest BCUT2D eigenvalue weighted by Crippen LogP contribution is 1.93. The maximum atomic E-state index is 10.7. The first kappa shape index (κ1) is 10.6. The van der Waals surface area contributed by atoms with Crippen molar-refractivity contribution in [1.29, 1.82) is 0 Å². The smallest absolute Gasteiger partial charge is 0.172 e. The van der Waals surface area contributed by atoms with Crippen LogP contribution in [0.2, 0.25) is 0 Å². The Balaban J connectivity index is 4.24. The van der Waals surface area contributed by atoms with Crippen molar-refractivity contribution in [3.63, 3.8) is 0 Å². The third-order valence-electron chi connectivity index (χ3n) is 0.993. The summed E-state index contributed by atoms with van der Waals surface area (Å²) in [6.45, 7) is 3.05. The highest BCUT2D eigenvalue weighted by molar-refractivity contribution is 7.96. The fourth-order valence-corrected chi connectivity index (χ4v) is 2.66. The van der Waals surface area contributed by atoms with Gasteiger partial charge in [0.05, 0.1) is 11.5 Å². The zero-order valence-corrected chi connectivity index (χ0v) is 7.78. The van der Waals surface area contributed by atoms with E-state index in [1.807, 2.05) is 0 Å². The van der Waals surface area contributed by atoms with E-state index in [1.165, 1.54) is 0 Å². The minimum absolute atomic E-state index is 0.346. The van der Waals surface area contributed by atoms with Crippen LogP contribution in [0.5, 0.6) is 0 Å². The Bertz CT molecular complexity index is 321. The Labute approximate surface area is 66.8 Å².